The lowest BCUT2D eigenvalue weighted by molar-refractivity contribution is -0.122. The number of nitrogens with one attached hydrogen (secondary N) is 1. The van der Waals surface area contributed by atoms with E-state index in [0.29, 0.717) is 6.54 Å². The molecule has 27 heavy (non-hydrogen) atoms. The average Bonchev–Trinajstić information content (AvgIpc) is 3.11. The molecular formula is C23H20N2O2. The van der Waals surface area contributed by atoms with Crippen molar-refractivity contribution in [1.82, 2.24) is 0 Å². The fourth-order valence-electron chi connectivity index (χ4n) is 3.39. The molecular weight excluding hydrogens is 336 g/mol. The highest BCUT2D eigenvalue weighted by atomic mass is 16.2. The second-order valence-electron chi connectivity index (χ2n) is 6.68. The van der Waals surface area contributed by atoms with E-state index in [1.165, 1.54) is 0 Å². The van der Waals surface area contributed by atoms with Gasteiger partial charge >= 0.3 is 0 Å². The zero-order chi connectivity index (χ0) is 18.6. The van der Waals surface area contributed by atoms with Gasteiger partial charge < -0.3 is 10.2 Å². The number of carbonyl (C=O) groups is 2. The van der Waals surface area contributed by atoms with Crippen molar-refractivity contribution >= 4 is 23.2 Å². The molecule has 1 heterocycles. The van der Waals surface area contributed by atoms with Crippen molar-refractivity contribution in [3.63, 3.8) is 0 Å². The molecule has 1 aliphatic rings. The quantitative estimate of drug-likeness (QED) is 0.756. The minimum absolute atomic E-state index is 0.0145. The zero-order valence-corrected chi connectivity index (χ0v) is 14.8. The van der Waals surface area contributed by atoms with Crippen molar-refractivity contribution in [3.8, 4) is 11.1 Å². The van der Waals surface area contributed by atoms with Gasteiger partial charge in [0.25, 0.3) is 0 Å². The molecule has 2 amide bonds. The van der Waals surface area contributed by atoms with E-state index in [9.17, 15) is 9.59 Å². The van der Waals surface area contributed by atoms with Crippen molar-refractivity contribution in [2.24, 2.45) is 5.92 Å². The van der Waals surface area contributed by atoms with E-state index in [1.807, 2.05) is 84.9 Å². The van der Waals surface area contributed by atoms with Crippen LogP contribution in [0.25, 0.3) is 11.1 Å². The van der Waals surface area contributed by atoms with Crippen molar-refractivity contribution in [1.29, 1.82) is 0 Å². The molecule has 0 saturated carbocycles. The van der Waals surface area contributed by atoms with Crippen molar-refractivity contribution < 1.29 is 9.59 Å². The summed E-state index contributed by atoms with van der Waals surface area (Å²) in [4.78, 5) is 26.7. The summed E-state index contributed by atoms with van der Waals surface area (Å²) in [6.45, 7) is 0.410. The highest BCUT2D eigenvalue weighted by molar-refractivity contribution is 6.03. The van der Waals surface area contributed by atoms with Crippen LogP contribution in [0, 0.1) is 5.92 Å². The summed E-state index contributed by atoms with van der Waals surface area (Å²) in [5.74, 6) is -0.482. The number of hydrogen-bond acceptors (Lipinski definition) is 2. The molecule has 3 aromatic rings. The second kappa shape index (κ2) is 7.46. The van der Waals surface area contributed by atoms with E-state index in [-0.39, 0.29) is 24.2 Å². The minimum Gasteiger partial charge on any atom is -0.326 e. The first-order chi connectivity index (χ1) is 13.2. The molecule has 1 atom stereocenters. The number of carbonyl (C=O) groups excluding carboxylic acids is 2. The number of benzene rings is 3. The van der Waals surface area contributed by atoms with Gasteiger partial charge in [0.2, 0.25) is 11.8 Å². The molecule has 0 spiro atoms. The molecule has 0 aliphatic carbocycles. The second-order valence-corrected chi connectivity index (χ2v) is 6.68. The van der Waals surface area contributed by atoms with Crippen molar-refractivity contribution in [2.75, 3.05) is 16.8 Å². The van der Waals surface area contributed by atoms with Crippen LogP contribution in [0.3, 0.4) is 0 Å². The Balaban J connectivity index is 1.46. The Morgan fingerprint density at radius 1 is 0.852 bits per heavy atom. The van der Waals surface area contributed by atoms with Gasteiger partial charge in [-0.3, -0.25) is 9.59 Å². The Labute approximate surface area is 158 Å². The summed E-state index contributed by atoms with van der Waals surface area (Å²) in [5.41, 5.74) is 3.72. The molecule has 1 N–H and O–H groups in total. The zero-order valence-electron chi connectivity index (χ0n) is 14.8. The van der Waals surface area contributed by atoms with Gasteiger partial charge in [-0.1, -0.05) is 60.7 Å². The highest BCUT2D eigenvalue weighted by Crippen LogP contribution is 2.27. The standard InChI is InChI=1S/C23H20N2O2/c26-22-15-19(16-25(22)21-12-5-2-6-13-21)23(27)24-20-11-7-10-18(14-20)17-8-3-1-4-9-17/h1-14,19H,15-16H2,(H,24,27). The topological polar surface area (TPSA) is 49.4 Å². The predicted molar refractivity (Wildman–Crippen MR) is 107 cm³/mol. The Morgan fingerprint density at radius 2 is 1.52 bits per heavy atom. The van der Waals surface area contributed by atoms with Crippen LogP contribution in [0.5, 0.6) is 0 Å². The first-order valence-electron chi connectivity index (χ1n) is 9.02. The minimum atomic E-state index is -0.349. The van der Waals surface area contributed by atoms with E-state index >= 15 is 0 Å². The molecule has 4 heteroatoms. The number of para-hydroxylation sites is 1. The Kier molecular flexibility index (Phi) is 4.71. The summed E-state index contributed by atoms with van der Waals surface area (Å²) in [6, 6.07) is 27.3. The smallest absolute Gasteiger partial charge is 0.229 e. The molecule has 1 unspecified atom stereocenters. The summed E-state index contributed by atoms with van der Waals surface area (Å²) in [6.07, 6.45) is 0.235. The normalized spacial score (nSPS) is 16.4. The maximum Gasteiger partial charge on any atom is 0.229 e. The van der Waals surface area contributed by atoms with Crippen LogP contribution in [0.15, 0.2) is 84.9 Å². The fraction of sp³-hybridized carbons (Fsp3) is 0.130. The van der Waals surface area contributed by atoms with Crippen LogP contribution in [0.1, 0.15) is 6.42 Å². The summed E-state index contributed by atoms with van der Waals surface area (Å²) >= 11 is 0. The molecule has 134 valence electrons. The predicted octanol–water partition coefficient (Wildman–Crippen LogP) is 4.35. The van der Waals surface area contributed by atoms with E-state index in [4.69, 9.17) is 0 Å². The van der Waals surface area contributed by atoms with Gasteiger partial charge in [0.15, 0.2) is 0 Å². The molecule has 4 nitrogen and oxygen atoms in total. The lowest BCUT2D eigenvalue weighted by Gasteiger charge is -2.16. The van der Waals surface area contributed by atoms with Gasteiger partial charge in [-0.05, 0) is 35.4 Å². The van der Waals surface area contributed by atoms with Crippen LogP contribution >= 0.6 is 0 Å². The monoisotopic (exact) mass is 356 g/mol. The molecule has 0 aromatic heterocycles. The number of anilines is 2. The van der Waals surface area contributed by atoms with E-state index in [2.05, 4.69) is 5.32 Å². The Morgan fingerprint density at radius 3 is 2.26 bits per heavy atom. The molecule has 1 fully saturated rings. The number of hydrogen-bond donors (Lipinski definition) is 1. The van der Waals surface area contributed by atoms with Crippen LogP contribution in [0.4, 0.5) is 11.4 Å². The maximum absolute atomic E-state index is 12.7. The molecule has 0 bridgehead atoms. The lowest BCUT2D eigenvalue weighted by atomic mass is 10.0. The van der Waals surface area contributed by atoms with E-state index in [1.54, 1.807) is 4.90 Å². The first kappa shape index (κ1) is 17.0. The van der Waals surface area contributed by atoms with Gasteiger partial charge in [-0.15, -0.1) is 0 Å². The van der Waals surface area contributed by atoms with Gasteiger partial charge in [0.1, 0.15) is 0 Å². The van der Waals surface area contributed by atoms with Crippen LogP contribution in [-0.4, -0.2) is 18.4 Å². The Hall–Kier alpha value is -3.40. The Bertz CT molecular complexity index is 954. The molecule has 4 rings (SSSR count). The maximum atomic E-state index is 12.7. The van der Waals surface area contributed by atoms with Gasteiger partial charge in [-0.2, -0.15) is 0 Å². The summed E-state index contributed by atoms with van der Waals surface area (Å²) in [5, 5.41) is 2.97. The highest BCUT2D eigenvalue weighted by Gasteiger charge is 2.35. The van der Waals surface area contributed by atoms with Crippen LogP contribution < -0.4 is 10.2 Å². The van der Waals surface area contributed by atoms with E-state index < -0.39 is 0 Å². The average molecular weight is 356 g/mol. The fourth-order valence-corrected chi connectivity index (χ4v) is 3.39. The van der Waals surface area contributed by atoms with Crippen LogP contribution in [-0.2, 0) is 9.59 Å². The SMILES string of the molecule is O=C(Nc1cccc(-c2ccccc2)c1)C1CC(=O)N(c2ccccc2)C1. The molecule has 3 aromatic carbocycles. The number of rotatable bonds is 4. The third-order valence-electron chi connectivity index (χ3n) is 4.80. The van der Waals surface area contributed by atoms with Crippen molar-refractivity contribution in [2.45, 2.75) is 6.42 Å². The van der Waals surface area contributed by atoms with Gasteiger partial charge in [-0.25, -0.2) is 0 Å². The lowest BCUT2D eigenvalue weighted by Crippen LogP contribution is -2.28. The third kappa shape index (κ3) is 3.75. The van der Waals surface area contributed by atoms with Crippen LogP contribution in [0.2, 0.25) is 0 Å². The molecule has 1 saturated heterocycles. The summed E-state index contributed by atoms with van der Waals surface area (Å²) < 4.78 is 0. The number of nitrogens with zero attached hydrogens (tertiary/aromatic N) is 1. The summed E-state index contributed by atoms with van der Waals surface area (Å²) in [7, 11) is 0. The van der Waals surface area contributed by atoms with Crippen molar-refractivity contribution in [3.05, 3.63) is 84.9 Å². The number of amides is 2. The largest absolute Gasteiger partial charge is 0.326 e. The molecule has 0 radical (unpaired) electrons. The third-order valence-corrected chi connectivity index (χ3v) is 4.80. The van der Waals surface area contributed by atoms with Gasteiger partial charge in [0.05, 0.1) is 5.92 Å². The van der Waals surface area contributed by atoms with E-state index in [0.717, 1.165) is 22.5 Å². The van der Waals surface area contributed by atoms with Gasteiger partial charge in [0, 0.05) is 24.3 Å². The molecule has 1 aliphatic heterocycles. The first-order valence-corrected chi connectivity index (χ1v) is 9.02.